The van der Waals surface area contributed by atoms with E-state index in [1.54, 1.807) is 0 Å². The summed E-state index contributed by atoms with van der Waals surface area (Å²) >= 11 is 0. The maximum absolute atomic E-state index is 13.7. The molecule has 2 fully saturated rings. The number of piperidine rings is 1. The first-order valence-electron chi connectivity index (χ1n) is 8.09. The quantitative estimate of drug-likeness (QED) is 0.878. The maximum Gasteiger partial charge on any atom is 0.223 e. The van der Waals surface area contributed by atoms with E-state index in [-0.39, 0.29) is 23.3 Å². The van der Waals surface area contributed by atoms with Crippen molar-refractivity contribution in [3.63, 3.8) is 0 Å². The molecule has 0 spiro atoms. The first-order chi connectivity index (χ1) is 10.7. The van der Waals surface area contributed by atoms with Crippen molar-refractivity contribution in [1.82, 2.24) is 10.6 Å². The molecule has 3 nitrogen and oxygen atoms in total. The topological polar surface area (TPSA) is 41.1 Å². The second-order valence-electron chi connectivity index (χ2n) is 6.38. The molecular weight excluding hydrogens is 286 g/mol. The minimum Gasteiger partial charge on any atom is -0.356 e. The first kappa shape index (κ1) is 15.4. The zero-order chi connectivity index (χ0) is 15.5. The van der Waals surface area contributed by atoms with Crippen LogP contribution in [-0.2, 0) is 4.79 Å². The SMILES string of the molecule is O=C(NCCC1CCCNC1)C1CC1c1c(F)cccc1F. The van der Waals surface area contributed by atoms with Gasteiger partial charge in [0.25, 0.3) is 0 Å². The molecule has 1 aliphatic carbocycles. The third kappa shape index (κ3) is 3.46. The molecule has 2 N–H and O–H groups in total. The molecule has 22 heavy (non-hydrogen) atoms. The van der Waals surface area contributed by atoms with Gasteiger partial charge in [0.2, 0.25) is 5.91 Å². The highest BCUT2D eigenvalue weighted by atomic mass is 19.1. The summed E-state index contributed by atoms with van der Waals surface area (Å²) in [5.74, 6) is -1.14. The molecule has 5 heteroatoms. The highest BCUT2D eigenvalue weighted by molar-refractivity contribution is 5.82. The van der Waals surface area contributed by atoms with Gasteiger partial charge in [-0.1, -0.05) is 6.07 Å². The third-order valence-electron chi connectivity index (χ3n) is 4.75. The van der Waals surface area contributed by atoms with Gasteiger partial charge in [0.1, 0.15) is 11.6 Å². The summed E-state index contributed by atoms with van der Waals surface area (Å²) in [5, 5.41) is 6.27. The minimum absolute atomic E-state index is 0.0686. The van der Waals surface area contributed by atoms with Gasteiger partial charge in [-0.3, -0.25) is 4.79 Å². The monoisotopic (exact) mass is 308 g/mol. The van der Waals surface area contributed by atoms with Gasteiger partial charge in [-0.25, -0.2) is 8.78 Å². The molecule has 0 bridgehead atoms. The highest BCUT2D eigenvalue weighted by Crippen LogP contribution is 2.49. The molecule has 120 valence electrons. The van der Waals surface area contributed by atoms with Crippen LogP contribution in [0.4, 0.5) is 8.78 Å². The smallest absolute Gasteiger partial charge is 0.223 e. The zero-order valence-corrected chi connectivity index (χ0v) is 12.6. The lowest BCUT2D eigenvalue weighted by molar-refractivity contribution is -0.122. The van der Waals surface area contributed by atoms with Crippen molar-refractivity contribution in [2.45, 2.75) is 31.6 Å². The average molecular weight is 308 g/mol. The van der Waals surface area contributed by atoms with E-state index in [4.69, 9.17) is 0 Å². The number of amides is 1. The second kappa shape index (κ2) is 6.73. The number of hydrogen-bond acceptors (Lipinski definition) is 2. The van der Waals surface area contributed by atoms with Gasteiger partial charge in [0.05, 0.1) is 0 Å². The van der Waals surface area contributed by atoms with Gasteiger partial charge in [-0.15, -0.1) is 0 Å². The summed E-state index contributed by atoms with van der Waals surface area (Å²) in [6, 6.07) is 3.85. The van der Waals surface area contributed by atoms with Crippen molar-refractivity contribution in [1.29, 1.82) is 0 Å². The van der Waals surface area contributed by atoms with Crippen LogP contribution in [-0.4, -0.2) is 25.5 Å². The van der Waals surface area contributed by atoms with Crippen molar-refractivity contribution in [2.24, 2.45) is 11.8 Å². The fraction of sp³-hybridized carbons (Fsp3) is 0.588. The van der Waals surface area contributed by atoms with Crippen molar-refractivity contribution < 1.29 is 13.6 Å². The Morgan fingerprint density at radius 3 is 2.77 bits per heavy atom. The van der Waals surface area contributed by atoms with Gasteiger partial charge in [0, 0.05) is 23.9 Å². The average Bonchev–Trinajstić information content (AvgIpc) is 3.28. The maximum atomic E-state index is 13.7. The molecule has 2 aliphatic rings. The summed E-state index contributed by atoms with van der Waals surface area (Å²) in [4.78, 5) is 12.1. The number of nitrogens with one attached hydrogen (secondary N) is 2. The van der Waals surface area contributed by atoms with Crippen molar-refractivity contribution in [3.8, 4) is 0 Å². The fourth-order valence-corrected chi connectivity index (χ4v) is 3.37. The van der Waals surface area contributed by atoms with Gasteiger partial charge >= 0.3 is 0 Å². The Morgan fingerprint density at radius 2 is 2.09 bits per heavy atom. The Hall–Kier alpha value is -1.49. The largest absolute Gasteiger partial charge is 0.356 e. The summed E-state index contributed by atoms with van der Waals surface area (Å²) < 4.78 is 27.4. The van der Waals surface area contributed by atoms with E-state index in [2.05, 4.69) is 10.6 Å². The Kier molecular flexibility index (Phi) is 4.71. The summed E-state index contributed by atoms with van der Waals surface area (Å²) in [5.41, 5.74) is 0.0686. The van der Waals surface area contributed by atoms with Gasteiger partial charge in [0.15, 0.2) is 0 Å². The normalized spacial score (nSPS) is 27.5. The molecule has 1 aromatic carbocycles. The number of hydrogen-bond donors (Lipinski definition) is 2. The molecule has 0 aromatic heterocycles. The van der Waals surface area contributed by atoms with Crippen molar-refractivity contribution >= 4 is 5.91 Å². The van der Waals surface area contributed by atoms with E-state index in [1.165, 1.54) is 31.0 Å². The van der Waals surface area contributed by atoms with E-state index >= 15 is 0 Å². The van der Waals surface area contributed by atoms with E-state index in [0.717, 1.165) is 19.5 Å². The predicted octanol–water partition coefficient (Wildman–Crippen LogP) is 2.57. The molecule has 1 saturated heterocycles. The van der Waals surface area contributed by atoms with E-state index in [9.17, 15) is 13.6 Å². The lowest BCUT2D eigenvalue weighted by atomic mass is 9.96. The Labute approximate surface area is 129 Å². The Bertz CT molecular complexity index is 523. The number of halogens is 2. The van der Waals surface area contributed by atoms with Crippen LogP contribution >= 0.6 is 0 Å². The van der Waals surface area contributed by atoms with Crippen LogP contribution in [0.2, 0.25) is 0 Å². The highest BCUT2D eigenvalue weighted by Gasteiger charge is 2.46. The zero-order valence-electron chi connectivity index (χ0n) is 12.6. The number of carbonyl (C=O) groups is 1. The van der Waals surface area contributed by atoms with E-state index < -0.39 is 11.6 Å². The summed E-state index contributed by atoms with van der Waals surface area (Å²) in [7, 11) is 0. The molecule has 3 unspecified atom stereocenters. The number of carbonyl (C=O) groups excluding carboxylic acids is 1. The lowest BCUT2D eigenvalue weighted by Crippen LogP contribution is -2.33. The van der Waals surface area contributed by atoms with Crippen LogP contribution in [0.25, 0.3) is 0 Å². The van der Waals surface area contributed by atoms with E-state index in [0.29, 0.717) is 18.9 Å². The van der Waals surface area contributed by atoms with Gasteiger partial charge in [-0.2, -0.15) is 0 Å². The van der Waals surface area contributed by atoms with Gasteiger partial charge in [-0.05, 0) is 56.8 Å². The number of benzene rings is 1. The van der Waals surface area contributed by atoms with Gasteiger partial charge < -0.3 is 10.6 Å². The first-order valence-corrected chi connectivity index (χ1v) is 8.09. The second-order valence-corrected chi connectivity index (χ2v) is 6.38. The van der Waals surface area contributed by atoms with Crippen LogP contribution in [0.5, 0.6) is 0 Å². The molecule has 1 saturated carbocycles. The minimum atomic E-state index is -0.548. The molecule has 3 atom stereocenters. The molecular formula is C17H22F2N2O. The fourth-order valence-electron chi connectivity index (χ4n) is 3.37. The van der Waals surface area contributed by atoms with Crippen molar-refractivity contribution in [2.75, 3.05) is 19.6 Å². The number of rotatable bonds is 5. The summed E-state index contributed by atoms with van der Waals surface area (Å²) in [6.07, 6.45) is 3.89. The third-order valence-corrected chi connectivity index (χ3v) is 4.75. The predicted molar refractivity (Wildman–Crippen MR) is 80.4 cm³/mol. The van der Waals surface area contributed by atoms with Crippen LogP contribution in [0.3, 0.4) is 0 Å². The van der Waals surface area contributed by atoms with Crippen molar-refractivity contribution in [3.05, 3.63) is 35.4 Å². The van der Waals surface area contributed by atoms with Crippen LogP contribution in [0.1, 0.15) is 37.2 Å². The molecule has 1 aliphatic heterocycles. The van der Waals surface area contributed by atoms with Crippen LogP contribution < -0.4 is 10.6 Å². The Balaban J connectivity index is 1.46. The molecule has 1 amide bonds. The molecule has 1 heterocycles. The standard InChI is InChI=1S/C17H22F2N2O/c18-14-4-1-5-15(19)16(14)12-9-13(12)17(22)21-8-6-11-3-2-7-20-10-11/h1,4-5,11-13,20H,2-3,6-10H2,(H,21,22). The molecule has 3 rings (SSSR count). The summed E-state index contributed by atoms with van der Waals surface area (Å²) in [6.45, 7) is 2.75. The molecule has 1 aromatic rings. The van der Waals surface area contributed by atoms with Crippen LogP contribution in [0, 0.1) is 23.5 Å². The van der Waals surface area contributed by atoms with Crippen LogP contribution in [0.15, 0.2) is 18.2 Å². The Morgan fingerprint density at radius 1 is 1.32 bits per heavy atom. The molecule has 0 radical (unpaired) electrons. The lowest BCUT2D eigenvalue weighted by Gasteiger charge is -2.22. The van der Waals surface area contributed by atoms with E-state index in [1.807, 2.05) is 0 Å².